The lowest BCUT2D eigenvalue weighted by Crippen LogP contribution is -2.22. The molecule has 0 aromatic carbocycles. The maximum absolute atomic E-state index is 2.74. The molecule has 0 spiro atoms. The van der Waals surface area contributed by atoms with Crippen LogP contribution in [0.15, 0.2) is 0 Å². The minimum atomic E-state index is 1.26. The molecule has 0 radical (unpaired) electrons. The Morgan fingerprint density at radius 2 is 0.381 bits per heavy atom. The van der Waals surface area contributed by atoms with Crippen molar-refractivity contribution in [3.8, 4) is 0 Å². The summed E-state index contributed by atoms with van der Waals surface area (Å²) in [6.07, 6.45) is 53.1. The molecule has 0 rings (SSSR count). The van der Waals surface area contributed by atoms with Gasteiger partial charge in [-0.3, -0.25) is 0 Å². The molecule has 0 unspecified atom stereocenters. The first-order chi connectivity index (χ1) is 20.8. The van der Waals surface area contributed by atoms with Crippen LogP contribution in [-0.4, -0.2) is 28.1 Å². The van der Waals surface area contributed by atoms with Crippen LogP contribution in [-0.2, 0) is 0 Å². The fourth-order valence-electron chi connectivity index (χ4n) is 6.68. The van der Waals surface area contributed by atoms with Gasteiger partial charge in [0, 0.05) is 0 Å². The van der Waals surface area contributed by atoms with E-state index < -0.39 is 0 Å². The second-order valence-electron chi connectivity index (χ2n) is 14.3. The summed E-state index contributed by atoms with van der Waals surface area (Å²) in [5, 5.41) is 0. The van der Waals surface area contributed by atoms with Crippen molar-refractivity contribution in [3.63, 3.8) is 0 Å². The predicted molar refractivity (Wildman–Crippen MR) is 199 cm³/mol. The van der Waals surface area contributed by atoms with E-state index in [-0.39, 0.29) is 0 Å². The van der Waals surface area contributed by atoms with Crippen molar-refractivity contribution in [2.45, 2.75) is 245 Å². The van der Waals surface area contributed by atoms with Crippen LogP contribution in [0.2, 0.25) is 0 Å². The highest BCUT2D eigenvalue weighted by molar-refractivity contribution is 6.04. The molecular formula is C40H85NSi. The molecule has 0 N–H and O–H groups in total. The molecule has 0 aliphatic carbocycles. The maximum Gasteiger partial charge on any atom is 0.0784 e. The summed E-state index contributed by atoms with van der Waals surface area (Å²) in [5.74, 6) is 0. The van der Waals surface area contributed by atoms with Gasteiger partial charge in [0.1, 0.15) is 0 Å². The first-order valence-corrected chi connectivity index (χ1v) is 21.4. The van der Waals surface area contributed by atoms with Crippen LogP contribution in [0.25, 0.3) is 0 Å². The first kappa shape index (κ1) is 42.2. The number of unbranched alkanes of at least 4 members (excludes halogenated alkanes) is 34. The van der Waals surface area contributed by atoms with Crippen LogP contribution in [0.4, 0.5) is 0 Å². The molecule has 0 bridgehead atoms. The normalized spacial score (nSPS) is 11.8. The average molecular weight is 608 g/mol. The minimum Gasteiger partial charge on any atom is -0.332 e. The van der Waals surface area contributed by atoms with Gasteiger partial charge < -0.3 is 4.57 Å². The summed E-state index contributed by atoms with van der Waals surface area (Å²) in [6.45, 7) is 7.38. The second-order valence-corrected chi connectivity index (χ2v) is 15.6. The van der Waals surface area contributed by atoms with E-state index in [1.807, 2.05) is 0 Å². The molecule has 42 heavy (non-hydrogen) atoms. The van der Waals surface area contributed by atoms with E-state index in [1.54, 1.807) is 0 Å². The fourth-order valence-corrected chi connectivity index (χ4v) is 7.31. The monoisotopic (exact) mass is 608 g/mol. The minimum absolute atomic E-state index is 1.26. The van der Waals surface area contributed by atoms with Gasteiger partial charge in [-0.2, -0.15) is 0 Å². The fraction of sp³-hybridized carbons (Fsp3) is 1.00. The van der Waals surface area contributed by atoms with E-state index in [4.69, 9.17) is 0 Å². The topological polar surface area (TPSA) is 3.24 Å². The molecule has 0 aromatic rings. The smallest absolute Gasteiger partial charge is 0.0784 e. The van der Waals surface area contributed by atoms with Crippen molar-refractivity contribution in [2.24, 2.45) is 0 Å². The third kappa shape index (κ3) is 38.2. The molecular weight excluding hydrogens is 523 g/mol. The molecule has 0 amide bonds. The molecule has 0 heterocycles. The van der Waals surface area contributed by atoms with E-state index in [0.717, 1.165) is 0 Å². The van der Waals surface area contributed by atoms with E-state index in [0.29, 0.717) is 0 Å². The van der Waals surface area contributed by atoms with Crippen molar-refractivity contribution >= 4 is 10.4 Å². The molecule has 0 aliphatic rings. The van der Waals surface area contributed by atoms with Crippen molar-refractivity contribution in [1.82, 2.24) is 4.57 Å². The third-order valence-electron chi connectivity index (χ3n) is 9.79. The number of rotatable bonds is 38. The largest absolute Gasteiger partial charge is 0.332 e. The molecule has 0 aliphatic heterocycles. The number of hydrogen-bond donors (Lipinski definition) is 0. The van der Waals surface area contributed by atoms with E-state index in [9.17, 15) is 0 Å². The zero-order chi connectivity index (χ0) is 30.4. The molecule has 2 heteroatoms. The summed E-state index contributed by atoms with van der Waals surface area (Å²) in [4.78, 5) is 0. The Labute approximate surface area is 272 Å². The Balaban J connectivity index is 3.13. The van der Waals surface area contributed by atoms with E-state index in [1.165, 1.54) is 255 Å². The Bertz CT molecular complexity index is 413. The zero-order valence-corrected chi connectivity index (χ0v) is 32.3. The highest BCUT2D eigenvalue weighted by Crippen LogP contribution is 2.16. The molecule has 0 saturated carbocycles. The molecule has 1 nitrogen and oxygen atoms in total. The van der Waals surface area contributed by atoms with Crippen LogP contribution < -0.4 is 0 Å². The van der Waals surface area contributed by atoms with Crippen molar-refractivity contribution < 1.29 is 0 Å². The van der Waals surface area contributed by atoms with Crippen molar-refractivity contribution in [2.75, 3.05) is 13.1 Å². The van der Waals surface area contributed by atoms with Crippen LogP contribution >= 0.6 is 0 Å². The van der Waals surface area contributed by atoms with Gasteiger partial charge in [-0.05, 0) is 25.9 Å². The molecule has 0 aromatic heterocycles. The Hall–Kier alpha value is 0.177. The summed E-state index contributed by atoms with van der Waals surface area (Å²) in [7, 11) is 1.26. The second kappa shape index (κ2) is 39.2. The van der Waals surface area contributed by atoms with Gasteiger partial charge in [0.25, 0.3) is 0 Å². The molecule has 0 saturated heterocycles. The van der Waals surface area contributed by atoms with Crippen LogP contribution in [0.3, 0.4) is 0 Å². The van der Waals surface area contributed by atoms with E-state index >= 15 is 0 Å². The van der Waals surface area contributed by atoms with Gasteiger partial charge >= 0.3 is 0 Å². The average Bonchev–Trinajstić information content (AvgIpc) is 3.00. The van der Waals surface area contributed by atoms with Crippen LogP contribution in [0, 0.1) is 0 Å². The van der Waals surface area contributed by atoms with Gasteiger partial charge in [0.05, 0.1) is 10.4 Å². The lowest BCUT2D eigenvalue weighted by atomic mass is 10.0. The van der Waals surface area contributed by atoms with Crippen molar-refractivity contribution in [3.05, 3.63) is 0 Å². The summed E-state index contributed by atoms with van der Waals surface area (Å²) in [6, 6.07) is 0. The summed E-state index contributed by atoms with van der Waals surface area (Å²) >= 11 is 0. The highest BCUT2D eigenvalue weighted by atomic mass is 28.2. The standard InChI is InChI=1S/C40H85NSi/c1-3-5-7-9-11-13-15-17-19-21-23-25-27-29-31-33-35-37-39-41(42)40-38-36-34-32-30-28-26-24-22-20-18-16-14-12-10-8-6-4-2/h3-40H2,1-2,42H3. The predicted octanol–water partition coefficient (Wildman–Crippen LogP) is 13.7. The molecule has 0 atom stereocenters. The molecule has 0 fully saturated rings. The quantitative estimate of drug-likeness (QED) is 0.0498. The van der Waals surface area contributed by atoms with Gasteiger partial charge in [0.2, 0.25) is 0 Å². The van der Waals surface area contributed by atoms with Crippen LogP contribution in [0.5, 0.6) is 0 Å². The van der Waals surface area contributed by atoms with E-state index in [2.05, 4.69) is 18.4 Å². The van der Waals surface area contributed by atoms with Gasteiger partial charge in [-0.15, -0.1) is 0 Å². The lowest BCUT2D eigenvalue weighted by molar-refractivity contribution is 0.409. The Morgan fingerprint density at radius 3 is 0.548 bits per heavy atom. The Kier molecular flexibility index (Phi) is 39.4. The zero-order valence-electron chi connectivity index (χ0n) is 30.3. The van der Waals surface area contributed by atoms with Gasteiger partial charge in [-0.1, -0.05) is 232 Å². The maximum atomic E-state index is 2.74. The van der Waals surface area contributed by atoms with Gasteiger partial charge in [-0.25, -0.2) is 0 Å². The van der Waals surface area contributed by atoms with Crippen molar-refractivity contribution in [1.29, 1.82) is 0 Å². The third-order valence-corrected chi connectivity index (χ3v) is 10.7. The lowest BCUT2D eigenvalue weighted by Gasteiger charge is -2.16. The number of nitrogens with zero attached hydrogens (tertiary/aromatic N) is 1. The summed E-state index contributed by atoms with van der Waals surface area (Å²) < 4.78 is 2.74. The number of hydrogen-bond acceptors (Lipinski definition) is 1. The highest BCUT2D eigenvalue weighted by Gasteiger charge is 2.00. The first-order valence-electron chi connectivity index (χ1n) is 20.5. The molecule has 254 valence electrons. The summed E-state index contributed by atoms with van der Waals surface area (Å²) in [5.41, 5.74) is 0. The SMILES string of the molecule is CCCCCCCCCCCCCCCCCCCCN([SiH3])CCCCCCCCCCCCCCCCCCCC. The van der Waals surface area contributed by atoms with Gasteiger partial charge in [0.15, 0.2) is 0 Å². The van der Waals surface area contributed by atoms with Crippen LogP contribution in [0.1, 0.15) is 245 Å². The Morgan fingerprint density at radius 1 is 0.238 bits per heavy atom.